The summed E-state index contributed by atoms with van der Waals surface area (Å²) in [6.07, 6.45) is 2.82. The van der Waals surface area contributed by atoms with Crippen LogP contribution in [-0.2, 0) is 4.79 Å². The monoisotopic (exact) mass is 365 g/mol. The average Bonchev–Trinajstić information content (AvgIpc) is 2.73. The van der Waals surface area contributed by atoms with Gasteiger partial charge in [-0.25, -0.2) is 0 Å². The number of nitrogens with one attached hydrogen (secondary N) is 1. The van der Waals surface area contributed by atoms with Crippen LogP contribution in [0.25, 0.3) is 0 Å². The number of pyridine rings is 1. The number of amides is 2. The molecule has 1 aromatic heterocycles. The van der Waals surface area contributed by atoms with E-state index in [1.165, 1.54) is 0 Å². The Kier molecular flexibility index (Phi) is 4.58. The number of carbonyl (C=O) groups excluding carboxylic acids is 3. The molecule has 2 amide bonds. The number of hydrogen-bond donors (Lipinski definition) is 1. The Hall–Kier alpha value is -3.22. The lowest BCUT2D eigenvalue weighted by Crippen LogP contribution is -2.40. The Labute approximate surface area is 156 Å². The molecule has 27 heavy (non-hydrogen) atoms. The normalized spacial score (nSPS) is 16.9. The Morgan fingerprint density at radius 3 is 2.70 bits per heavy atom. The molecule has 2 aliphatic rings. The van der Waals surface area contributed by atoms with Crippen LogP contribution in [0.4, 0.5) is 5.69 Å². The van der Waals surface area contributed by atoms with Gasteiger partial charge in [0.25, 0.3) is 11.8 Å². The SMILES string of the molecule is O=C1COc2ccc(C(=O)C3CCN(C(=O)c4ccccn4)CC3)cc2N1. The molecular weight excluding hydrogens is 346 g/mol. The van der Waals surface area contributed by atoms with Gasteiger partial charge in [0.15, 0.2) is 12.4 Å². The van der Waals surface area contributed by atoms with Crippen molar-refractivity contribution >= 4 is 23.3 Å². The number of hydrogen-bond acceptors (Lipinski definition) is 5. The molecule has 7 heteroatoms. The van der Waals surface area contributed by atoms with E-state index in [0.717, 1.165) is 0 Å². The van der Waals surface area contributed by atoms with Crippen LogP contribution in [0.15, 0.2) is 42.6 Å². The highest BCUT2D eigenvalue weighted by Crippen LogP contribution is 2.31. The van der Waals surface area contributed by atoms with Crippen molar-refractivity contribution in [1.29, 1.82) is 0 Å². The molecule has 0 unspecified atom stereocenters. The van der Waals surface area contributed by atoms with Gasteiger partial charge >= 0.3 is 0 Å². The summed E-state index contributed by atoms with van der Waals surface area (Å²) in [6.45, 7) is 1.04. The second kappa shape index (κ2) is 7.19. The number of aromatic nitrogens is 1. The van der Waals surface area contributed by atoms with E-state index in [-0.39, 0.29) is 30.1 Å². The average molecular weight is 365 g/mol. The first-order valence-corrected chi connectivity index (χ1v) is 8.93. The van der Waals surface area contributed by atoms with E-state index in [9.17, 15) is 14.4 Å². The molecular formula is C20H19N3O4. The Bertz CT molecular complexity index is 889. The molecule has 2 aromatic rings. The molecule has 1 aromatic carbocycles. The van der Waals surface area contributed by atoms with Crippen molar-refractivity contribution in [2.45, 2.75) is 12.8 Å². The third-order valence-corrected chi connectivity index (χ3v) is 4.93. The molecule has 0 aliphatic carbocycles. The lowest BCUT2D eigenvalue weighted by molar-refractivity contribution is -0.118. The number of ketones is 1. The maximum atomic E-state index is 12.8. The highest BCUT2D eigenvalue weighted by atomic mass is 16.5. The van der Waals surface area contributed by atoms with Crippen LogP contribution in [-0.4, -0.2) is 47.2 Å². The number of fused-ring (bicyclic) bond motifs is 1. The summed E-state index contributed by atoms with van der Waals surface area (Å²) >= 11 is 0. The summed E-state index contributed by atoms with van der Waals surface area (Å²) in [5.74, 6) is 0.129. The summed E-state index contributed by atoms with van der Waals surface area (Å²) in [6, 6.07) is 10.4. The van der Waals surface area contributed by atoms with Gasteiger partial charge in [-0.1, -0.05) is 6.07 Å². The molecule has 1 fully saturated rings. The maximum absolute atomic E-state index is 12.8. The second-order valence-corrected chi connectivity index (χ2v) is 6.69. The molecule has 3 heterocycles. The van der Waals surface area contributed by atoms with E-state index in [1.54, 1.807) is 47.5 Å². The molecule has 138 valence electrons. The third-order valence-electron chi connectivity index (χ3n) is 4.93. The number of carbonyl (C=O) groups is 3. The van der Waals surface area contributed by atoms with E-state index >= 15 is 0 Å². The molecule has 1 N–H and O–H groups in total. The molecule has 0 saturated carbocycles. The van der Waals surface area contributed by atoms with Gasteiger partial charge < -0.3 is 15.0 Å². The van der Waals surface area contributed by atoms with E-state index in [2.05, 4.69) is 10.3 Å². The zero-order valence-corrected chi connectivity index (χ0v) is 14.7. The van der Waals surface area contributed by atoms with Crippen molar-refractivity contribution in [3.63, 3.8) is 0 Å². The van der Waals surface area contributed by atoms with Crippen LogP contribution in [0, 0.1) is 5.92 Å². The van der Waals surface area contributed by atoms with Crippen LogP contribution in [0.1, 0.15) is 33.7 Å². The van der Waals surface area contributed by atoms with Crippen molar-refractivity contribution in [2.75, 3.05) is 25.0 Å². The van der Waals surface area contributed by atoms with Crippen LogP contribution in [0.3, 0.4) is 0 Å². The number of rotatable bonds is 3. The summed E-state index contributed by atoms with van der Waals surface area (Å²) in [7, 11) is 0. The fourth-order valence-corrected chi connectivity index (χ4v) is 3.47. The van der Waals surface area contributed by atoms with Gasteiger partial charge in [0.05, 0.1) is 5.69 Å². The minimum absolute atomic E-state index is 0.0109. The summed E-state index contributed by atoms with van der Waals surface area (Å²) in [5.41, 5.74) is 1.50. The van der Waals surface area contributed by atoms with Gasteiger partial charge in [-0.2, -0.15) is 0 Å². The van der Waals surface area contributed by atoms with Gasteiger partial charge in [-0.15, -0.1) is 0 Å². The van der Waals surface area contributed by atoms with Crippen molar-refractivity contribution in [2.24, 2.45) is 5.92 Å². The van der Waals surface area contributed by atoms with Crippen molar-refractivity contribution in [3.8, 4) is 5.75 Å². The first kappa shape index (κ1) is 17.2. The Morgan fingerprint density at radius 2 is 1.96 bits per heavy atom. The predicted molar refractivity (Wildman–Crippen MR) is 97.8 cm³/mol. The van der Waals surface area contributed by atoms with Gasteiger partial charge in [0.1, 0.15) is 11.4 Å². The minimum Gasteiger partial charge on any atom is -0.482 e. The number of Topliss-reactive ketones (excluding diaryl/α,β-unsaturated/α-hetero) is 1. The number of anilines is 1. The first-order chi connectivity index (χ1) is 13.1. The summed E-state index contributed by atoms with van der Waals surface area (Å²) < 4.78 is 5.32. The topological polar surface area (TPSA) is 88.6 Å². The summed E-state index contributed by atoms with van der Waals surface area (Å²) in [5, 5.41) is 2.72. The van der Waals surface area contributed by atoms with Crippen molar-refractivity contribution in [3.05, 3.63) is 53.9 Å². The highest BCUT2D eigenvalue weighted by molar-refractivity contribution is 6.02. The fraction of sp³-hybridized carbons (Fsp3) is 0.300. The van der Waals surface area contributed by atoms with Crippen LogP contribution in [0.2, 0.25) is 0 Å². The summed E-state index contributed by atoms with van der Waals surface area (Å²) in [4.78, 5) is 42.6. The molecule has 0 radical (unpaired) electrons. The van der Waals surface area contributed by atoms with Gasteiger partial charge in [0.2, 0.25) is 0 Å². The highest BCUT2D eigenvalue weighted by Gasteiger charge is 2.29. The van der Waals surface area contributed by atoms with Gasteiger partial charge in [0, 0.05) is 30.8 Å². The standard InChI is InChI=1S/C20H19N3O4/c24-18-12-27-17-5-4-14(11-16(17)22-18)19(25)13-6-9-23(10-7-13)20(26)15-3-1-2-8-21-15/h1-5,8,11,13H,6-7,9-10,12H2,(H,22,24). The molecule has 2 aliphatic heterocycles. The quantitative estimate of drug-likeness (QED) is 0.842. The van der Waals surface area contributed by atoms with E-state index < -0.39 is 0 Å². The zero-order chi connectivity index (χ0) is 18.8. The van der Waals surface area contributed by atoms with E-state index in [4.69, 9.17) is 4.74 Å². The number of likely N-dealkylation sites (tertiary alicyclic amines) is 1. The number of ether oxygens (including phenoxy) is 1. The maximum Gasteiger partial charge on any atom is 0.272 e. The third kappa shape index (κ3) is 3.53. The smallest absolute Gasteiger partial charge is 0.272 e. The predicted octanol–water partition coefficient (Wildman–Crippen LogP) is 2.15. The molecule has 0 bridgehead atoms. The largest absolute Gasteiger partial charge is 0.482 e. The Balaban J connectivity index is 1.41. The van der Waals surface area contributed by atoms with Gasteiger partial charge in [-0.3, -0.25) is 19.4 Å². The zero-order valence-electron chi connectivity index (χ0n) is 14.7. The molecule has 7 nitrogen and oxygen atoms in total. The van der Waals surface area contributed by atoms with Gasteiger partial charge in [-0.05, 0) is 43.2 Å². The molecule has 4 rings (SSSR count). The fourth-order valence-electron chi connectivity index (χ4n) is 3.47. The van der Waals surface area contributed by atoms with Crippen molar-refractivity contribution in [1.82, 2.24) is 9.88 Å². The molecule has 1 saturated heterocycles. The number of piperidine rings is 1. The van der Waals surface area contributed by atoms with E-state index in [0.29, 0.717) is 48.6 Å². The van der Waals surface area contributed by atoms with Crippen LogP contribution < -0.4 is 10.1 Å². The molecule has 0 atom stereocenters. The number of benzene rings is 1. The van der Waals surface area contributed by atoms with E-state index in [1.807, 2.05) is 0 Å². The minimum atomic E-state index is -0.228. The lowest BCUT2D eigenvalue weighted by atomic mass is 9.88. The number of nitrogens with zero attached hydrogens (tertiary/aromatic N) is 2. The molecule has 0 spiro atoms. The lowest BCUT2D eigenvalue weighted by Gasteiger charge is -2.31. The first-order valence-electron chi connectivity index (χ1n) is 8.93. The second-order valence-electron chi connectivity index (χ2n) is 6.69. The Morgan fingerprint density at radius 1 is 1.15 bits per heavy atom. The van der Waals surface area contributed by atoms with Crippen molar-refractivity contribution < 1.29 is 19.1 Å². The van der Waals surface area contributed by atoms with Crippen LogP contribution >= 0.6 is 0 Å². The van der Waals surface area contributed by atoms with Crippen LogP contribution in [0.5, 0.6) is 5.75 Å².